The van der Waals surface area contributed by atoms with E-state index in [1.165, 1.54) is 0 Å². The summed E-state index contributed by atoms with van der Waals surface area (Å²) >= 11 is 0. The van der Waals surface area contributed by atoms with Gasteiger partial charge in [0.2, 0.25) is 5.91 Å². The zero-order valence-electron chi connectivity index (χ0n) is 11.5. The number of carbonyl (C=O) groups is 1. The molecule has 1 rings (SSSR count). The maximum absolute atomic E-state index is 12.7. The highest BCUT2D eigenvalue weighted by molar-refractivity contribution is 7.89. The fraction of sp³-hybridized carbons (Fsp3) is 0.364. The van der Waals surface area contributed by atoms with Crippen molar-refractivity contribution in [3.63, 3.8) is 0 Å². The summed E-state index contributed by atoms with van der Waals surface area (Å²) in [6.07, 6.45) is 0. The molecule has 118 valence electrons. The average Bonchev–Trinajstić information content (AvgIpc) is 2.34. The highest BCUT2D eigenvalue weighted by Crippen LogP contribution is 2.16. The Bertz CT molecular complexity index is 734. The summed E-state index contributed by atoms with van der Waals surface area (Å²) in [5.41, 5.74) is 1.24. The van der Waals surface area contributed by atoms with Gasteiger partial charge in [0.05, 0.1) is 9.79 Å². The Morgan fingerprint density at radius 2 is 1.43 bits per heavy atom. The van der Waals surface area contributed by atoms with Crippen LogP contribution < -0.4 is 10.3 Å². The van der Waals surface area contributed by atoms with Gasteiger partial charge in [0, 0.05) is 5.41 Å². The molecular formula is C11H15FN2O5S2. The summed E-state index contributed by atoms with van der Waals surface area (Å²) < 4.78 is 57.7. The van der Waals surface area contributed by atoms with Crippen LogP contribution in [0.2, 0.25) is 0 Å². The van der Waals surface area contributed by atoms with E-state index in [1.807, 2.05) is 10.3 Å². The van der Waals surface area contributed by atoms with Gasteiger partial charge in [0.15, 0.2) is 0 Å². The lowest BCUT2D eigenvalue weighted by Gasteiger charge is -2.18. The molecule has 0 aliphatic heterocycles. The van der Waals surface area contributed by atoms with Gasteiger partial charge in [0.25, 0.3) is 10.0 Å². The smallest absolute Gasteiger partial charge is 0.277 e. The minimum Gasteiger partial charge on any atom is -0.277 e. The normalized spacial score (nSPS) is 13.0. The highest BCUT2D eigenvalue weighted by atomic mass is 32.3. The summed E-state index contributed by atoms with van der Waals surface area (Å²) in [6.45, 7) is 4.78. The van der Waals surface area contributed by atoms with Crippen LogP contribution in [0.4, 0.5) is 3.89 Å². The van der Waals surface area contributed by atoms with Gasteiger partial charge in [-0.05, 0) is 24.3 Å². The largest absolute Gasteiger partial charge is 0.332 e. The number of rotatable bonds is 4. The summed E-state index contributed by atoms with van der Waals surface area (Å²) in [5, 5.41) is 0. The fourth-order valence-corrected chi connectivity index (χ4v) is 2.44. The molecule has 0 fully saturated rings. The molecule has 0 aliphatic carbocycles. The molecular weight excluding hydrogens is 323 g/mol. The van der Waals surface area contributed by atoms with Crippen molar-refractivity contribution in [1.82, 2.24) is 10.3 Å². The van der Waals surface area contributed by atoms with Gasteiger partial charge in [-0.15, -0.1) is 8.72 Å². The van der Waals surface area contributed by atoms with E-state index in [1.54, 1.807) is 20.8 Å². The second kappa shape index (κ2) is 5.70. The lowest BCUT2D eigenvalue weighted by molar-refractivity contribution is -0.129. The second-order valence-electron chi connectivity index (χ2n) is 5.22. The summed E-state index contributed by atoms with van der Waals surface area (Å²) in [5.74, 6) is -0.547. The van der Waals surface area contributed by atoms with Crippen LogP contribution in [-0.2, 0) is 25.0 Å². The zero-order chi connectivity index (χ0) is 16.5. The molecule has 0 spiro atoms. The van der Waals surface area contributed by atoms with Crippen molar-refractivity contribution in [1.29, 1.82) is 0 Å². The summed E-state index contributed by atoms with van der Waals surface area (Å²) in [7, 11) is -8.97. The van der Waals surface area contributed by atoms with Gasteiger partial charge < -0.3 is 0 Å². The van der Waals surface area contributed by atoms with Crippen LogP contribution in [0.5, 0.6) is 0 Å². The highest BCUT2D eigenvalue weighted by Gasteiger charge is 2.23. The number of carbonyl (C=O) groups excluding carboxylic acids is 1. The number of hydrogen-bond acceptors (Lipinski definition) is 5. The number of amides is 1. The molecule has 0 saturated carbocycles. The molecule has 0 bridgehead atoms. The Morgan fingerprint density at radius 1 is 1.00 bits per heavy atom. The Morgan fingerprint density at radius 3 is 1.81 bits per heavy atom. The van der Waals surface area contributed by atoms with Crippen LogP contribution >= 0.6 is 0 Å². The first-order valence-electron chi connectivity index (χ1n) is 5.71. The first-order chi connectivity index (χ1) is 9.34. The number of halogens is 1. The molecule has 1 aromatic rings. The van der Waals surface area contributed by atoms with Crippen LogP contribution in [0, 0.1) is 5.41 Å². The Labute approximate surface area is 122 Å². The zero-order valence-corrected chi connectivity index (χ0v) is 13.2. The van der Waals surface area contributed by atoms with Gasteiger partial charge in [-0.1, -0.05) is 20.8 Å². The molecule has 0 unspecified atom stereocenters. The third-order valence-electron chi connectivity index (χ3n) is 2.40. The number of benzene rings is 1. The molecule has 0 heterocycles. The maximum Gasteiger partial charge on any atom is 0.332 e. The third-order valence-corrected chi connectivity index (χ3v) is 4.49. The molecule has 2 N–H and O–H groups in total. The summed E-state index contributed by atoms with van der Waals surface area (Å²) in [4.78, 5) is 12.5. The standard InChI is InChI=1S/C11H15FN2O5S2/c1-11(2,3)10(15)13-14-21(18,19)9-6-4-8(5-7-9)20(12,16)17/h4-7,14H,1-3H3,(H,13,15). The number of nitrogens with one attached hydrogen (secondary N) is 2. The number of hydrazine groups is 1. The lowest BCUT2D eigenvalue weighted by Crippen LogP contribution is -2.46. The van der Waals surface area contributed by atoms with E-state index < -0.39 is 36.5 Å². The van der Waals surface area contributed by atoms with E-state index in [-0.39, 0.29) is 4.90 Å². The number of hydrogen-bond donors (Lipinski definition) is 2. The lowest BCUT2D eigenvalue weighted by atomic mass is 9.96. The van der Waals surface area contributed by atoms with Gasteiger partial charge in [-0.3, -0.25) is 10.2 Å². The van der Waals surface area contributed by atoms with Gasteiger partial charge >= 0.3 is 10.2 Å². The van der Waals surface area contributed by atoms with Crippen LogP contribution in [0.1, 0.15) is 20.8 Å². The molecule has 0 radical (unpaired) electrons. The molecule has 1 amide bonds. The first-order valence-corrected chi connectivity index (χ1v) is 8.58. The van der Waals surface area contributed by atoms with E-state index in [4.69, 9.17) is 0 Å². The van der Waals surface area contributed by atoms with Crippen LogP contribution in [0.25, 0.3) is 0 Å². The van der Waals surface area contributed by atoms with E-state index >= 15 is 0 Å². The van der Waals surface area contributed by atoms with E-state index in [0.29, 0.717) is 0 Å². The van der Waals surface area contributed by atoms with Crippen molar-refractivity contribution in [3.05, 3.63) is 24.3 Å². The Hall–Kier alpha value is -1.52. The van der Waals surface area contributed by atoms with Crippen molar-refractivity contribution >= 4 is 26.2 Å². The predicted octanol–water partition coefficient (Wildman–Crippen LogP) is 0.700. The monoisotopic (exact) mass is 338 g/mol. The minimum absolute atomic E-state index is 0.316. The molecule has 0 aromatic heterocycles. The molecule has 1 aromatic carbocycles. The van der Waals surface area contributed by atoms with Crippen molar-refractivity contribution in [3.8, 4) is 0 Å². The maximum atomic E-state index is 12.7. The molecule has 21 heavy (non-hydrogen) atoms. The van der Waals surface area contributed by atoms with E-state index in [2.05, 4.69) is 0 Å². The molecule has 0 saturated heterocycles. The fourth-order valence-electron chi connectivity index (χ4n) is 1.14. The van der Waals surface area contributed by atoms with Crippen molar-refractivity contribution in [2.75, 3.05) is 0 Å². The van der Waals surface area contributed by atoms with Crippen molar-refractivity contribution in [2.24, 2.45) is 5.41 Å². The SMILES string of the molecule is CC(C)(C)C(=O)NNS(=O)(=O)c1ccc(S(=O)(=O)F)cc1. The third kappa shape index (κ3) is 4.76. The van der Waals surface area contributed by atoms with Gasteiger partial charge in [-0.2, -0.15) is 8.42 Å². The van der Waals surface area contributed by atoms with Gasteiger partial charge in [-0.25, -0.2) is 8.42 Å². The topological polar surface area (TPSA) is 109 Å². The average molecular weight is 338 g/mol. The molecule has 0 atom stereocenters. The predicted molar refractivity (Wildman–Crippen MR) is 72.7 cm³/mol. The molecule has 7 nitrogen and oxygen atoms in total. The Balaban J connectivity index is 2.92. The van der Waals surface area contributed by atoms with E-state index in [9.17, 15) is 25.5 Å². The van der Waals surface area contributed by atoms with Crippen molar-refractivity contribution in [2.45, 2.75) is 30.6 Å². The summed E-state index contributed by atoms with van der Waals surface area (Å²) in [6, 6.07) is 3.46. The molecule has 0 aliphatic rings. The van der Waals surface area contributed by atoms with Crippen LogP contribution in [0.3, 0.4) is 0 Å². The van der Waals surface area contributed by atoms with Gasteiger partial charge in [0.1, 0.15) is 0 Å². The van der Waals surface area contributed by atoms with Crippen LogP contribution in [-0.4, -0.2) is 22.7 Å². The second-order valence-corrected chi connectivity index (χ2v) is 8.25. The van der Waals surface area contributed by atoms with Crippen LogP contribution in [0.15, 0.2) is 34.1 Å². The quantitative estimate of drug-likeness (QED) is 0.620. The molecule has 10 heteroatoms. The first kappa shape index (κ1) is 17.5. The van der Waals surface area contributed by atoms with Crippen molar-refractivity contribution < 1.29 is 25.5 Å². The number of sulfonamides is 1. The Kier molecular flexibility index (Phi) is 4.76. The minimum atomic E-state index is -4.90. The van der Waals surface area contributed by atoms with E-state index in [0.717, 1.165) is 24.3 Å².